The number of anilines is 2. The van der Waals surface area contributed by atoms with Gasteiger partial charge in [-0.15, -0.1) is 0 Å². The van der Waals surface area contributed by atoms with E-state index in [0.717, 1.165) is 5.56 Å². The molecule has 0 unspecified atom stereocenters. The number of morpholine rings is 1. The molecule has 0 radical (unpaired) electrons. The van der Waals surface area contributed by atoms with Crippen molar-refractivity contribution in [3.05, 3.63) is 89.5 Å². The molecular weight excluding hydrogens is 402 g/mol. The van der Waals surface area contributed by atoms with E-state index in [1.807, 2.05) is 4.90 Å². The molecular formula is C24H22F2N2O3. The second kappa shape index (κ2) is 9.57. The Labute approximate surface area is 179 Å². The van der Waals surface area contributed by atoms with Gasteiger partial charge in [-0.1, -0.05) is 24.3 Å². The average Bonchev–Trinajstić information content (AvgIpc) is 2.79. The highest BCUT2D eigenvalue weighted by atomic mass is 19.1. The standard InChI is InChI=1S/C24H22F2N2O3/c25-18-7-5-17(6-8-18)16-31-23-4-2-1-3-20(23)24(29)27-19-9-10-22(21(26)15-19)28-11-13-30-14-12-28/h1-10,15H,11-14,16H2,(H,27,29). The Balaban J connectivity index is 1.45. The minimum Gasteiger partial charge on any atom is -0.488 e. The Hall–Kier alpha value is -3.45. The van der Waals surface area contributed by atoms with Crippen LogP contribution in [0.1, 0.15) is 15.9 Å². The van der Waals surface area contributed by atoms with Crippen molar-refractivity contribution >= 4 is 17.3 Å². The van der Waals surface area contributed by atoms with Crippen molar-refractivity contribution in [1.82, 2.24) is 0 Å². The number of para-hydroxylation sites is 1. The first-order valence-electron chi connectivity index (χ1n) is 10.00. The van der Waals surface area contributed by atoms with Crippen molar-refractivity contribution in [2.45, 2.75) is 6.61 Å². The smallest absolute Gasteiger partial charge is 0.259 e. The summed E-state index contributed by atoms with van der Waals surface area (Å²) in [6.45, 7) is 2.56. The Morgan fingerprint density at radius 2 is 1.74 bits per heavy atom. The molecule has 1 N–H and O–H groups in total. The van der Waals surface area contributed by atoms with Crippen LogP contribution in [0, 0.1) is 11.6 Å². The van der Waals surface area contributed by atoms with Crippen LogP contribution in [0.2, 0.25) is 0 Å². The SMILES string of the molecule is O=C(Nc1ccc(N2CCOCC2)c(F)c1)c1ccccc1OCc1ccc(F)cc1. The summed E-state index contributed by atoms with van der Waals surface area (Å²) in [5.74, 6) is -0.751. The van der Waals surface area contributed by atoms with Gasteiger partial charge in [0.05, 0.1) is 24.5 Å². The molecule has 31 heavy (non-hydrogen) atoms. The summed E-state index contributed by atoms with van der Waals surface area (Å²) < 4.78 is 38.7. The molecule has 0 saturated carbocycles. The van der Waals surface area contributed by atoms with E-state index in [1.165, 1.54) is 18.2 Å². The zero-order valence-corrected chi connectivity index (χ0v) is 16.8. The van der Waals surface area contributed by atoms with Gasteiger partial charge in [0.1, 0.15) is 24.0 Å². The van der Waals surface area contributed by atoms with Crippen LogP contribution in [0.3, 0.4) is 0 Å². The zero-order valence-electron chi connectivity index (χ0n) is 16.8. The van der Waals surface area contributed by atoms with E-state index in [0.29, 0.717) is 49.0 Å². The number of nitrogens with zero attached hydrogens (tertiary/aromatic N) is 1. The Morgan fingerprint density at radius 3 is 2.48 bits per heavy atom. The average molecular weight is 424 g/mol. The number of ether oxygens (including phenoxy) is 2. The molecule has 0 aromatic heterocycles. The van der Waals surface area contributed by atoms with E-state index in [2.05, 4.69) is 5.32 Å². The first-order chi connectivity index (χ1) is 15.1. The van der Waals surface area contributed by atoms with Crippen molar-refractivity contribution < 1.29 is 23.0 Å². The van der Waals surface area contributed by atoms with Gasteiger partial charge in [-0.2, -0.15) is 0 Å². The van der Waals surface area contributed by atoms with Crippen molar-refractivity contribution in [2.75, 3.05) is 36.5 Å². The lowest BCUT2D eigenvalue weighted by Crippen LogP contribution is -2.36. The van der Waals surface area contributed by atoms with Crippen LogP contribution >= 0.6 is 0 Å². The second-order valence-corrected chi connectivity index (χ2v) is 7.13. The molecule has 7 heteroatoms. The fourth-order valence-electron chi connectivity index (χ4n) is 3.37. The van der Waals surface area contributed by atoms with Crippen molar-refractivity contribution in [1.29, 1.82) is 0 Å². The molecule has 0 atom stereocenters. The molecule has 160 valence electrons. The van der Waals surface area contributed by atoms with Crippen LogP contribution in [0.5, 0.6) is 5.75 Å². The number of hydrogen-bond acceptors (Lipinski definition) is 4. The van der Waals surface area contributed by atoms with Gasteiger partial charge < -0.3 is 19.7 Å². The third-order valence-corrected chi connectivity index (χ3v) is 5.00. The molecule has 0 aliphatic carbocycles. The molecule has 1 heterocycles. The van der Waals surface area contributed by atoms with Gasteiger partial charge in [-0.25, -0.2) is 8.78 Å². The number of carbonyl (C=O) groups is 1. The summed E-state index contributed by atoms with van der Waals surface area (Å²) in [7, 11) is 0. The van der Waals surface area contributed by atoms with Crippen LogP contribution in [-0.4, -0.2) is 32.2 Å². The van der Waals surface area contributed by atoms with Gasteiger partial charge in [-0.3, -0.25) is 4.79 Å². The number of amides is 1. The normalized spacial score (nSPS) is 13.7. The number of nitrogens with one attached hydrogen (secondary N) is 1. The van der Waals surface area contributed by atoms with E-state index in [1.54, 1.807) is 48.5 Å². The van der Waals surface area contributed by atoms with Crippen LogP contribution < -0.4 is 15.0 Å². The Kier molecular flexibility index (Phi) is 6.43. The van der Waals surface area contributed by atoms with Crippen LogP contribution in [-0.2, 0) is 11.3 Å². The number of carbonyl (C=O) groups excluding carboxylic acids is 1. The number of halogens is 2. The third-order valence-electron chi connectivity index (χ3n) is 5.00. The summed E-state index contributed by atoms with van der Waals surface area (Å²) in [5.41, 5.74) is 1.94. The van der Waals surface area contributed by atoms with Crippen molar-refractivity contribution in [2.24, 2.45) is 0 Å². The van der Waals surface area contributed by atoms with Crippen LogP contribution in [0.4, 0.5) is 20.2 Å². The maximum absolute atomic E-state index is 14.6. The molecule has 0 bridgehead atoms. The molecule has 1 aliphatic heterocycles. The number of rotatable bonds is 6. The van der Waals surface area contributed by atoms with Gasteiger partial charge in [-0.05, 0) is 48.0 Å². The topological polar surface area (TPSA) is 50.8 Å². The second-order valence-electron chi connectivity index (χ2n) is 7.13. The molecule has 3 aromatic carbocycles. The highest BCUT2D eigenvalue weighted by Gasteiger charge is 2.17. The molecule has 5 nitrogen and oxygen atoms in total. The van der Waals surface area contributed by atoms with Gasteiger partial charge in [0.2, 0.25) is 0 Å². The van der Waals surface area contributed by atoms with Gasteiger partial charge >= 0.3 is 0 Å². The molecule has 1 saturated heterocycles. The largest absolute Gasteiger partial charge is 0.488 e. The molecule has 1 aliphatic rings. The van der Waals surface area contributed by atoms with Crippen molar-refractivity contribution in [3.63, 3.8) is 0 Å². The van der Waals surface area contributed by atoms with Crippen LogP contribution in [0.15, 0.2) is 66.7 Å². The van der Waals surface area contributed by atoms with Gasteiger partial charge in [0.25, 0.3) is 5.91 Å². The van der Waals surface area contributed by atoms with Crippen LogP contribution in [0.25, 0.3) is 0 Å². The van der Waals surface area contributed by atoms with E-state index >= 15 is 0 Å². The van der Waals surface area contributed by atoms with E-state index < -0.39 is 11.7 Å². The van der Waals surface area contributed by atoms with Gasteiger partial charge in [0.15, 0.2) is 0 Å². The molecule has 1 amide bonds. The monoisotopic (exact) mass is 424 g/mol. The van der Waals surface area contributed by atoms with Crippen molar-refractivity contribution in [3.8, 4) is 5.75 Å². The number of benzene rings is 3. The first-order valence-corrected chi connectivity index (χ1v) is 10.00. The maximum Gasteiger partial charge on any atom is 0.259 e. The summed E-state index contributed by atoms with van der Waals surface area (Å²) in [4.78, 5) is 14.7. The lowest BCUT2D eigenvalue weighted by atomic mass is 10.1. The van der Waals surface area contributed by atoms with E-state index in [4.69, 9.17) is 9.47 Å². The minimum atomic E-state index is -0.409. The molecule has 1 fully saturated rings. The predicted octanol–water partition coefficient (Wildman–Crippen LogP) is 4.63. The zero-order chi connectivity index (χ0) is 21.6. The quantitative estimate of drug-likeness (QED) is 0.627. The summed E-state index contributed by atoms with van der Waals surface area (Å²) in [5, 5.41) is 2.72. The van der Waals surface area contributed by atoms with E-state index in [-0.39, 0.29) is 12.4 Å². The molecule has 3 aromatic rings. The van der Waals surface area contributed by atoms with E-state index in [9.17, 15) is 13.6 Å². The molecule has 0 spiro atoms. The fourth-order valence-corrected chi connectivity index (χ4v) is 3.37. The van der Waals surface area contributed by atoms with Gasteiger partial charge in [0, 0.05) is 18.8 Å². The molecule has 4 rings (SSSR count). The lowest BCUT2D eigenvalue weighted by Gasteiger charge is -2.29. The Bertz CT molecular complexity index is 1050. The summed E-state index contributed by atoms with van der Waals surface area (Å²) in [6, 6.07) is 17.4. The third kappa shape index (κ3) is 5.19. The highest BCUT2D eigenvalue weighted by Crippen LogP contribution is 2.25. The lowest BCUT2D eigenvalue weighted by molar-refractivity contribution is 0.102. The highest BCUT2D eigenvalue weighted by molar-refractivity contribution is 6.06. The number of hydrogen-bond donors (Lipinski definition) is 1. The first kappa shape index (κ1) is 20.8. The predicted molar refractivity (Wildman–Crippen MR) is 115 cm³/mol. The summed E-state index contributed by atoms with van der Waals surface area (Å²) in [6.07, 6.45) is 0. The maximum atomic E-state index is 14.6. The fraction of sp³-hybridized carbons (Fsp3) is 0.208. The summed E-state index contributed by atoms with van der Waals surface area (Å²) >= 11 is 0. The minimum absolute atomic E-state index is 0.188. The Morgan fingerprint density at radius 1 is 1.00 bits per heavy atom.